The number of anilines is 2. The van der Waals surface area contributed by atoms with E-state index in [0.717, 1.165) is 34.0 Å². The summed E-state index contributed by atoms with van der Waals surface area (Å²) in [5.74, 6) is 7.98. The molecule has 0 radical (unpaired) electrons. The zero-order chi connectivity index (χ0) is 19.0. The third-order valence-electron chi connectivity index (χ3n) is 4.16. The van der Waals surface area contributed by atoms with Crippen LogP contribution in [0.1, 0.15) is 11.1 Å². The first kappa shape index (κ1) is 17.5. The third kappa shape index (κ3) is 4.41. The first-order valence-electron chi connectivity index (χ1n) is 9.13. The predicted molar refractivity (Wildman–Crippen MR) is 115 cm³/mol. The van der Waals surface area contributed by atoms with E-state index < -0.39 is 0 Å². The number of ether oxygens (including phenoxy) is 1. The molecule has 2 nitrogen and oxygen atoms in total. The molecular weight excluding hydrogens is 342 g/mol. The Kier molecular flexibility index (Phi) is 5.37. The molecular formula is C26H19NO. The monoisotopic (exact) mass is 361 g/mol. The topological polar surface area (TPSA) is 21.3 Å². The van der Waals surface area contributed by atoms with Crippen molar-refractivity contribution < 1.29 is 4.74 Å². The zero-order valence-corrected chi connectivity index (χ0v) is 15.3. The van der Waals surface area contributed by atoms with Crippen LogP contribution in [0.4, 0.5) is 11.4 Å². The van der Waals surface area contributed by atoms with Gasteiger partial charge < -0.3 is 10.1 Å². The molecule has 0 saturated heterocycles. The van der Waals surface area contributed by atoms with Crippen LogP contribution in [0.3, 0.4) is 0 Å². The summed E-state index contributed by atoms with van der Waals surface area (Å²) in [4.78, 5) is 0. The van der Waals surface area contributed by atoms with E-state index in [1.54, 1.807) is 0 Å². The van der Waals surface area contributed by atoms with E-state index in [0.29, 0.717) is 0 Å². The van der Waals surface area contributed by atoms with Crippen LogP contribution in [-0.2, 0) is 0 Å². The minimum absolute atomic E-state index is 0.881. The molecule has 134 valence electrons. The van der Waals surface area contributed by atoms with Crippen LogP contribution >= 0.6 is 0 Å². The Labute approximate surface area is 165 Å². The van der Waals surface area contributed by atoms with Gasteiger partial charge in [-0.15, -0.1) is 0 Å². The van der Waals surface area contributed by atoms with Gasteiger partial charge in [0, 0.05) is 11.1 Å². The summed E-state index contributed by atoms with van der Waals surface area (Å²) in [5.41, 5.74) is 4.14. The Morgan fingerprint density at radius 2 is 0.857 bits per heavy atom. The molecule has 0 aliphatic carbocycles. The molecule has 0 fully saturated rings. The van der Waals surface area contributed by atoms with Gasteiger partial charge in [-0.2, -0.15) is 0 Å². The van der Waals surface area contributed by atoms with Crippen molar-refractivity contribution >= 4 is 11.4 Å². The number of hydrogen-bond acceptors (Lipinski definition) is 2. The SMILES string of the molecule is C(#Cc1ccccc1)c1ccccc1.c1ccc2c(c1)Nc1ccccc1O2. The first-order chi connectivity index (χ1) is 13.9. The van der Waals surface area contributed by atoms with E-state index in [1.807, 2.05) is 109 Å². The van der Waals surface area contributed by atoms with E-state index >= 15 is 0 Å². The average molecular weight is 361 g/mol. The summed E-state index contributed by atoms with van der Waals surface area (Å²) >= 11 is 0. The smallest absolute Gasteiger partial charge is 0.150 e. The standard InChI is InChI=1S/C14H10.C12H9NO/c1-3-7-13(8-4-1)11-12-14-9-5-2-6-10-14;1-3-7-11-9(5-1)13-10-6-2-4-8-12(10)14-11/h1-10H;1-8,13H. The fourth-order valence-electron chi connectivity index (χ4n) is 2.77. The number of nitrogens with one attached hydrogen (secondary N) is 1. The fraction of sp³-hybridized carbons (Fsp3) is 0. The molecule has 0 bridgehead atoms. The number of para-hydroxylation sites is 4. The summed E-state index contributed by atoms with van der Waals surface area (Å²) < 4.78 is 5.71. The number of hydrogen-bond donors (Lipinski definition) is 1. The van der Waals surface area contributed by atoms with Gasteiger partial charge in [0.05, 0.1) is 11.4 Å². The summed E-state index contributed by atoms with van der Waals surface area (Å²) in [6, 6.07) is 35.8. The molecule has 0 spiro atoms. The van der Waals surface area contributed by atoms with Crippen LogP contribution < -0.4 is 10.1 Å². The number of benzene rings is 4. The van der Waals surface area contributed by atoms with Crippen molar-refractivity contribution in [1.82, 2.24) is 0 Å². The van der Waals surface area contributed by atoms with Gasteiger partial charge in [-0.05, 0) is 48.5 Å². The number of fused-ring (bicyclic) bond motifs is 2. The molecule has 1 aliphatic heterocycles. The maximum Gasteiger partial charge on any atom is 0.150 e. The van der Waals surface area contributed by atoms with Crippen molar-refractivity contribution in [3.63, 3.8) is 0 Å². The summed E-state index contributed by atoms with van der Waals surface area (Å²) in [5, 5.41) is 3.32. The molecule has 4 aromatic carbocycles. The lowest BCUT2D eigenvalue weighted by molar-refractivity contribution is 0.481. The average Bonchev–Trinajstić information content (AvgIpc) is 2.78. The highest BCUT2D eigenvalue weighted by molar-refractivity contribution is 5.75. The van der Waals surface area contributed by atoms with Crippen molar-refractivity contribution in [2.24, 2.45) is 0 Å². The Morgan fingerprint density at radius 3 is 1.32 bits per heavy atom. The van der Waals surface area contributed by atoms with E-state index in [2.05, 4.69) is 17.2 Å². The quantitative estimate of drug-likeness (QED) is 0.313. The van der Waals surface area contributed by atoms with Crippen LogP contribution in [0.5, 0.6) is 11.5 Å². The molecule has 0 unspecified atom stereocenters. The van der Waals surface area contributed by atoms with Crippen LogP contribution in [0.25, 0.3) is 0 Å². The molecule has 0 saturated carbocycles. The summed E-state index contributed by atoms with van der Waals surface area (Å²) in [7, 11) is 0. The third-order valence-corrected chi connectivity index (χ3v) is 4.16. The Morgan fingerprint density at radius 1 is 0.464 bits per heavy atom. The molecule has 1 N–H and O–H groups in total. The van der Waals surface area contributed by atoms with Gasteiger partial charge in [0.1, 0.15) is 0 Å². The van der Waals surface area contributed by atoms with Crippen LogP contribution in [0.15, 0.2) is 109 Å². The minimum Gasteiger partial charge on any atom is -0.453 e. The normalized spacial score (nSPS) is 10.4. The second-order valence-corrected chi connectivity index (χ2v) is 6.20. The maximum atomic E-state index is 5.71. The zero-order valence-electron chi connectivity index (χ0n) is 15.3. The number of rotatable bonds is 0. The van der Waals surface area contributed by atoms with Gasteiger partial charge in [0.25, 0.3) is 0 Å². The Balaban J connectivity index is 0.000000137. The lowest BCUT2D eigenvalue weighted by Crippen LogP contribution is -2.01. The second kappa shape index (κ2) is 8.62. The predicted octanol–water partition coefficient (Wildman–Crippen LogP) is 6.62. The van der Waals surface area contributed by atoms with Crippen molar-refractivity contribution in [1.29, 1.82) is 0 Å². The van der Waals surface area contributed by atoms with Gasteiger partial charge in [0.2, 0.25) is 0 Å². The fourth-order valence-corrected chi connectivity index (χ4v) is 2.77. The Bertz CT molecular complexity index is 978. The molecule has 0 atom stereocenters. The van der Waals surface area contributed by atoms with Gasteiger partial charge >= 0.3 is 0 Å². The van der Waals surface area contributed by atoms with Crippen LogP contribution in [0.2, 0.25) is 0 Å². The van der Waals surface area contributed by atoms with E-state index in [1.165, 1.54) is 0 Å². The van der Waals surface area contributed by atoms with Gasteiger partial charge in [-0.1, -0.05) is 72.5 Å². The Hall–Kier alpha value is -3.96. The van der Waals surface area contributed by atoms with E-state index in [-0.39, 0.29) is 0 Å². The van der Waals surface area contributed by atoms with Crippen molar-refractivity contribution in [2.75, 3.05) is 5.32 Å². The highest BCUT2D eigenvalue weighted by Gasteiger charge is 2.13. The molecule has 0 aromatic heterocycles. The highest BCUT2D eigenvalue weighted by Crippen LogP contribution is 2.40. The first-order valence-corrected chi connectivity index (χ1v) is 9.13. The molecule has 5 rings (SSSR count). The van der Waals surface area contributed by atoms with Crippen molar-refractivity contribution in [3.8, 4) is 23.3 Å². The van der Waals surface area contributed by atoms with Crippen molar-refractivity contribution in [3.05, 3.63) is 120 Å². The molecule has 28 heavy (non-hydrogen) atoms. The lowest BCUT2D eigenvalue weighted by Gasteiger charge is -2.20. The summed E-state index contributed by atoms with van der Waals surface area (Å²) in [6.45, 7) is 0. The van der Waals surface area contributed by atoms with Gasteiger partial charge in [-0.3, -0.25) is 0 Å². The molecule has 0 amide bonds. The molecule has 4 aromatic rings. The van der Waals surface area contributed by atoms with E-state index in [4.69, 9.17) is 4.74 Å². The largest absolute Gasteiger partial charge is 0.453 e. The highest BCUT2D eigenvalue weighted by atomic mass is 16.5. The minimum atomic E-state index is 0.881. The van der Waals surface area contributed by atoms with Crippen LogP contribution in [-0.4, -0.2) is 0 Å². The lowest BCUT2D eigenvalue weighted by atomic mass is 10.2. The van der Waals surface area contributed by atoms with E-state index in [9.17, 15) is 0 Å². The van der Waals surface area contributed by atoms with Gasteiger partial charge in [-0.25, -0.2) is 0 Å². The van der Waals surface area contributed by atoms with Crippen LogP contribution in [0, 0.1) is 11.8 Å². The second-order valence-electron chi connectivity index (χ2n) is 6.20. The summed E-state index contributed by atoms with van der Waals surface area (Å²) in [6.07, 6.45) is 0. The molecule has 1 aliphatic rings. The molecule has 2 heteroatoms. The van der Waals surface area contributed by atoms with Gasteiger partial charge in [0.15, 0.2) is 11.5 Å². The van der Waals surface area contributed by atoms with Crippen molar-refractivity contribution in [2.45, 2.75) is 0 Å². The molecule has 1 heterocycles. The maximum absolute atomic E-state index is 5.71.